The molecule has 0 aliphatic rings. The Balaban J connectivity index is 2.08. The van der Waals surface area contributed by atoms with E-state index in [0.29, 0.717) is 17.3 Å². The quantitative estimate of drug-likeness (QED) is 0.908. The molecule has 2 aromatic rings. The Morgan fingerprint density at radius 1 is 1.17 bits per heavy atom. The van der Waals surface area contributed by atoms with Crippen molar-refractivity contribution in [3.63, 3.8) is 0 Å². The van der Waals surface area contributed by atoms with Crippen molar-refractivity contribution in [1.29, 1.82) is 0 Å². The van der Waals surface area contributed by atoms with E-state index in [1.54, 1.807) is 13.0 Å². The molecule has 0 fully saturated rings. The molecule has 0 atom stereocenters. The lowest BCUT2D eigenvalue weighted by Gasteiger charge is -2.06. The summed E-state index contributed by atoms with van der Waals surface area (Å²) in [4.78, 5) is 8.07. The molecule has 6 heteroatoms. The zero-order valence-corrected chi connectivity index (χ0v) is 9.65. The van der Waals surface area contributed by atoms with Gasteiger partial charge in [0, 0.05) is 17.8 Å². The fourth-order valence-electron chi connectivity index (χ4n) is 1.44. The van der Waals surface area contributed by atoms with Gasteiger partial charge in [-0.15, -0.1) is 0 Å². The first-order valence-electron chi connectivity index (χ1n) is 5.22. The van der Waals surface area contributed by atoms with Gasteiger partial charge in [0.15, 0.2) is 17.5 Å². The number of hydrogen-bond acceptors (Lipinski definition) is 4. The second-order valence-electron chi connectivity index (χ2n) is 3.72. The molecule has 0 aliphatic heterocycles. The van der Waals surface area contributed by atoms with Gasteiger partial charge in [-0.3, -0.25) is 0 Å². The van der Waals surface area contributed by atoms with E-state index in [0.717, 1.165) is 12.1 Å². The number of nitrogens with two attached hydrogens (primary N) is 1. The molecular formula is C12H11F2N3O. The summed E-state index contributed by atoms with van der Waals surface area (Å²) in [5, 5.41) is 0. The van der Waals surface area contributed by atoms with Crippen molar-refractivity contribution < 1.29 is 13.5 Å². The van der Waals surface area contributed by atoms with Gasteiger partial charge in [0.1, 0.15) is 18.2 Å². The van der Waals surface area contributed by atoms with Gasteiger partial charge in [0.25, 0.3) is 0 Å². The lowest BCUT2D eigenvalue weighted by Crippen LogP contribution is -2.05. The Labute approximate surface area is 102 Å². The Morgan fingerprint density at radius 2 is 1.94 bits per heavy atom. The van der Waals surface area contributed by atoms with Gasteiger partial charge in [0.05, 0.1) is 0 Å². The molecule has 2 rings (SSSR count). The SMILES string of the molecule is Cc1cc(N)nc(COc2ccc(F)c(F)c2)n1. The predicted octanol–water partition coefficient (Wildman–Crippen LogP) is 2.22. The number of aromatic nitrogens is 2. The average molecular weight is 251 g/mol. The van der Waals surface area contributed by atoms with Crippen LogP contribution in [0.1, 0.15) is 11.5 Å². The van der Waals surface area contributed by atoms with Crippen LogP contribution in [0.5, 0.6) is 5.75 Å². The van der Waals surface area contributed by atoms with E-state index in [4.69, 9.17) is 10.5 Å². The van der Waals surface area contributed by atoms with Crippen LogP contribution in [0.3, 0.4) is 0 Å². The number of hydrogen-bond donors (Lipinski definition) is 1. The molecule has 0 bridgehead atoms. The van der Waals surface area contributed by atoms with Crippen LogP contribution in [0.15, 0.2) is 24.3 Å². The second kappa shape index (κ2) is 4.95. The largest absolute Gasteiger partial charge is 0.486 e. The van der Waals surface area contributed by atoms with Gasteiger partial charge >= 0.3 is 0 Å². The number of rotatable bonds is 3. The minimum absolute atomic E-state index is 0.0386. The predicted molar refractivity (Wildman–Crippen MR) is 61.9 cm³/mol. The van der Waals surface area contributed by atoms with E-state index in [2.05, 4.69) is 9.97 Å². The second-order valence-corrected chi connectivity index (χ2v) is 3.72. The number of nitrogen functional groups attached to an aromatic ring is 1. The van der Waals surface area contributed by atoms with Crippen molar-refractivity contribution in [3.05, 3.63) is 47.4 Å². The van der Waals surface area contributed by atoms with Crippen LogP contribution in [0.2, 0.25) is 0 Å². The summed E-state index contributed by atoms with van der Waals surface area (Å²) in [6.07, 6.45) is 0. The standard InChI is InChI=1S/C12H11F2N3O/c1-7-4-11(15)17-12(16-7)6-18-8-2-3-9(13)10(14)5-8/h2-5H,6H2,1H3,(H2,15,16,17). The molecule has 18 heavy (non-hydrogen) atoms. The van der Waals surface area contributed by atoms with Crippen molar-refractivity contribution in [2.75, 3.05) is 5.73 Å². The van der Waals surface area contributed by atoms with E-state index in [1.807, 2.05) is 0 Å². The van der Waals surface area contributed by atoms with Crippen LogP contribution < -0.4 is 10.5 Å². The number of anilines is 1. The number of nitrogens with zero attached hydrogens (tertiary/aromatic N) is 2. The van der Waals surface area contributed by atoms with E-state index >= 15 is 0 Å². The maximum absolute atomic E-state index is 12.9. The van der Waals surface area contributed by atoms with E-state index < -0.39 is 11.6 Å². The summed E-state index contributed by atoms with van der Waals surface area (Å²) in [7, 11) is 0. The molecule has 0 unspecified atom stereocenters. The van der Waals surface area contributed by atoms with E-state index in [-0.39, 0.29) is 12.4 Å². The van der Waals surface area contributed by atoms with Crippen molar-refractivity contribution in [3.8, 4) is 5.75 Å². The molecule has 4 nitrogen and oxygen atoms in total. The van der Waals surface area contributed by atoms with E-state index in [9.17, 15) is 8.78 Å². The fraction of sp³-hybridized carbons (Fsp3) is 0.167. The first-order chi connectivity index (χ1) is 8.54. The average Bonchev–Trinajstić information content (AvgIpc) is 2.29. The Hall–Kier alpha value is -2.24. The zero-order valence-electron chi connectivity index (χ0n) is 9.65. The first kappa shape index (κ1) is 12.2. The van der Waals surface area contributed by atoms with Crippen LogP contribution in [-0.2, 0) is 6.61 Å². The highest BCUT2D eigenvalue weighted by Gasteiger charge is 2.05. The van der Waals surface area contributed by atoms with Gasteiger partial charge in [0.2, 0.25) is 0 Å². The third kappa shape index (κ3) is 2.91. The highest BCUT2D eigenvalue weighted by atomic mass is 19.2. The molecule has 94 valence electrons. The molecule has 2 N–H and O–H groups in total. The van der Waals surface area contributed by atoms with Crippen molar-refractivity contribution in [2.45, 2.75) is 13.5 Å². The molecule has 0 aliphatic carbocycles. The summed E-state index contributed by atoms with van der Waals surface area (Å²) >= 11 is 0. The summed E-state index contributed by atoms with van der Waals surface area (Å²) in [5.41, 5.74) is 6.27. The third-order valence-electron chi connectivity index (χ3n) is 2.18. The first-order valence-corrected chi connectivity index (χ1v) is 5.22. The number of aryl methyl sites for hydroxylation is 1. The monoisotopic (exact) mass is 251 g/mol. The number of ether oxygens (including phenoxy) is 1. The van der Waals surface area contributed by atoms with Crippen LogP contribution in [0.25, 0.3) is 0 Å². The number of halogens is 2. The lowest BCUT2D eigenvalue weighted by atomic mass is 10.3. The van der Waals surface area contributed by atoms with Gasteiger partial charge < -0.3 is 10.5 Å². The molecular weight excluding hydrogens is 240 g/mol. The van der Waals surface area contributed by atoms with Crippen molar-refractivity contribution in [1.82, 2.24) is 9.97 Å². The molecule has 0 saturated carbocycles. The molecule has 0 radical (unpaired) electrons. The van der Waals surface area contributed by atoms with Crippen LogP contribution in [0, 0.1) is 18.6 Å². The summed E-state index contributed by atoms with van der Waals surface area (Å²) in [5.74, 6) is -0.947. The normalized spacial score (nSPS) is 10.4. The van der Waals surface area contributed by atoms with Gasteiger partial charge in [-0.25, -0.2) is 18.7 Å². The highest BCUT2D eigenvalue weighted by Crippen LogP contribution is 2.16. The maximum Gasteiger partial charge on any atom is 0.168 e. The maximum atomic E-state index is 12.9. The van der Waals surface area contributed by atoms with Gasteiger partial charge in [-0.05, 0) is 19.1 Å². The molecule has 0 spiro atoms. The van der Waals surface area contributed by atoms with E-state index in [1.165, 1.54) is 6.07 Å². The Morgan fingerprint density at radius 3 is 2.61 bits per heavy atom. The lowest BCUT2D eigenvalue weighted by molar-refractivity contribution is 0.293. The molecule has 1 aromatic carbocycles. The zero-order chi connectivity index (χ0) is 13.1. The van der Waals surface area contributed by atoms with Crippen molar-refractivity contribution >= 4 is 5.82 Å². The van der Waals surface area contributed by atoms with Crippen LogP contribution in [0.4, 0.5) is 14.6 Å². The van der Waals surface area contributed by atoms with Crippen LogP contribution >= 0.6 is 0 Å². The topological polar surface area (TPSA) is 61.0 Å². The van der Waals surface area contributed by atoms with Gasteiger partial charge in [-0.2, -0.15) is 0 Å². The minimum atomic E-state index is -0.961. The Kier molecular flexibility index (Phi) is 3.36. The highest BCUT2D eigenvalue weighted by molar-refractivity contribution is 5.29. The minimum Gasteiger partial charge on any atom is -0.486 e. The molecule has 0 saturated heterocycles. The molecule has 0 amide bonds. The molecule has 1 heterocycles. The third-order valence-corrected chi connectivity index (χ3v) is 2.18. The molecule has 1 aromatic heterocycles. The van der Waals surface area contributed by atoms with Gasteiger partial charge in [-0.1, -0.05) is 0 Å². The fourth-order valence-corrected chi connectivity index (χ4v) is 1.44. The van der Waals surface area contributed by atoms with Crippen LogP contribution in [-0.4, -0.2) is 9.97 Å². The summed E-state index contributed by atoms with van der Waals surface area (Å²) in [6, 6.07) is 4.92. The smallest absolute Gasteiger partial charge is 0.168 e. The Bertz CT molecular complexity index is 555. The number of benzene rings is 1. The summed E-state index contributed by atoms with van der Waals surface area (Å²) in [6.45, 7) is 1.82. The summed E-state index contributed by atoms with van der Waals surface area (Å²) < 4.78 is 30.9. The van der Waals surface area contributed by atoms with Crippen molar-refractivity contribution in [2.24, 2.45) is 0 Å².